The number of rotatable bonds is 6. The molecule has 2 rings (SSSR count). The minimum atomic E-state index is -0.386. The number of hydrogen-bond acceptors (Lipinski definition) is 5. The van der Waals surface area contributed by atoms with Crippen LogP contribution in [0.3, 0.4) is 0 Å². The summed E-state index contributed by atoms with van der Waals surface area (Å²) in [5.41, 5.74) is 0.971. The molecule has 0 saturated carbocycles. The normalized spacial score (nSPS) is 18.3. The van der Waals surface area contributed by atoms with E-state index in [1.54, 1.807) is 6.20 Å². The number of nitrogens with one attached hydrogen (secondary N) is 2. The summed E-state index contributed by atoms with van der Waals surface area (Å²) in [6.45, 7) is 4.55. The molecule has 1 atom stereocenters. The molecule has 6 nitrogen and oxygen atoms in total. The third kappa shape index (κ3) is 3.59. The summed E-state index contributed by atoms with van der Waals surface area (Å²) in [4.78, 5) is 15.1. The molecule has 2 N–H and O–H groups in total. The van der Waals surface area contributed by atoms with Crippen LogP contribution in [0.15, 0.2) is 18.3 Å². The third-order valence-electron chi connectivity index (χ3n) is 2.54. The Kier molecular flexibility index (Phi) is 4.35. The Hall–Kier alpha value is -1.82. The zero-order chi connectivity index (χ0) is 12.8. The lowest BCUT2D eigenvalue weighted by Crippen LogP contribution is -2.22. The van der Waals surface area contributed by atoms with Crippen molar-refractivity contribution in [1.82, 2.24) is 15.6 Å². The molecule has 1 aromatic heterocycles. The molecule has 1 aromatic rings. The highest BCUT2D eigenvalue weighted by atomic mass is 16.6. The van der Waals surface area contributed by atoms with Crippen molar-refractivity contribution in [1.29, 1.82) is 0 Å². The second kappa shape index (κ2) is 6.20. The molecule has 2 heterocycles. The second-order valence-corrected chi connectivity index (χ2v) is 3.98. The van der Waals surface area contributed by atoms with Gasteiger partial charge in [-0.3, -0.25) is 4.98 Å². The van der Waals surface area contributed by atoms with Gasteiger partial charge >= 0.3 is 6.09 Å². The molecule has 0 aliphatic carbocycles. The fourth-order valence-corrected chi connectivity index (χ4v) is 1.57. The lowest BCUT2D eigenvalue weighted by Gasteiger charge is -2.10. The largest absolute Gasteiger partial charge is 0.488 e. The van der Waals surface area contributed by atoms with Gasteiger partial charge < -0.3 is 20.1 Å². The summed E-state index contributed by atoms with van der Waals surface area (Å²) < 4.78 is 10.5. The van der Waals surface area contributed by atoms with E-state index in [2.05, 4.69) is 22.5 Å². The Labute approximate surface area is 106 Å². The van der Waals surface area contributed by atoms with Crippen molar-refractivity contribution in [3.63, 3.8) is 0 Å². The van der Waals surface area contributed by atoms with Gasteiger partial charge in [0.15, 0.2) is 6.10 Å². The first kappa shape index (κ1) is 12.6. The molecule has 0 radical (unpaired) electrons. The zero-order valence-electron chi connectivity index (χ0n) is 10.3. The standard InChI is InChI=1S/C12H17N3O3/c1-2-13-5-9-3-4-10(6-14-9)17-8-11-7-15-12(16)18-11/h3-4,6,11,13H,2,5,7-8H2,1H3,(H,15,16). The summed E-state index contributed by atoms with van der Waals surface area (Å²) in [6, 6.07) is 3.78. The van der Waals surface area contributed by atoms with Crippen molar-refractivity contribution in [2.75, 3.05) is 19.7 Å². The highest BCUT2D eigenvalue weighted by Gasteiger charge is 2.22. The predicted molar refractivity (Wildman–Crippen MR) is 65.4 cm³/mol. The summed E-state index contributed by atoms with van der Waals surface area (Å²) in [6.07, 6.45) is 1.07. The van der Waals surface area contributed by atoms with Crippen LogP contribution in [0, 0.1) is 0 Å². The van der Waals surface area contributed by atoms with Gasteiger partial charge in [0.25, 0.3) is 0 Å². The van der Waals surface area contributed by atoms with Gasteiger partial charge in [-0.1, -0.05) is 6.92 Å². The minimum Gasteiger partial charge on any atom is -0.488 e. The summed E-state index contributed by atoms with van der Waals surface area (Å²) >= 11 is 0. The Morgan fingerprint density at radius 1 is 1.61 bits per heavy atom. The quantitative estimate of drug-likeness (QED) is 0.777. The van der Waals surface area contributed by atoms with E-state index in [0.29, 0.717) is 18.9 Å². The van der Waals surface area contributed by atoms with Crippen molar-refractivity contribution < 1.29 is 14.3 Å². The molecular formula is C12H17N3O3. The molecule has 1 saturated heterocycles. The molecule has 98 valence electrons. The van der Waals surface area contributed by atoms with Crippen molar-refractivity contribution in [3.05, 3.63) is 24.0 Å². The number of alkyl carbamates (subject to hydrolysis) is 1. The topological polar surface area (TPSA) is 72.5 Å². The molecule has 1 fully saturated rings. The Morgan fingerprint density at radius 3 is 3.11 bits per heavy atom. The van der Waals surface area contributed by atoms with Crippen molar-refractivity contribution in [2.24, 2.45) is 0 Å². The number of nitrogens with zero attached hydrogens (tertiary/aromatic N) is 1. The van der Waals surface area contributed by atoms with E-state index in [1.165, 1.54) is 0 Å². The summed E-state index contributed by atoms with van der Waals surface area (Å²) in [5.74, 6) is 0.679. The number of cyclic esters (lactones) is 1. The van der Waals surface area contributed by atoms with E-state index in [9.17, 15) is 4.79 Å². The maximum Gasteiger partial charge on any atom is 0.407 e. The Morgan fingerprint density at radius 2 is 2.50 bits per heavy atom. The van der Waals surface area contributed by atoms with Crippen LogP contribution < -0.4 is 15.4 Å². The smallest absolute Gasteiger partial charge is 0.407 e. The van der Waals surface area contributed by atoms with Gasteiger partial charge in [-0.05, 0) is 18.7 Å². The zero-order valence-corrected chi connectivity index (χ0v) is 10.3. The number of aromatic nitrogens is 1. The first-order valence-corrected chi connectivity index (χ1v) is 6.01. The summed E-state index contributed by atoms with van der Waals surface area (Å²) in [7, 11) is 0. The lowest BCUT2D eigenvalue weighted by atomic mass is 10.3. The average molecular weight is 251 g/mol. The van der Waals surface area contributed by atoms with Crippen molar-refractivity contribution in [2.45, 2.75) is 19.6 Å². The van der Waals surface area contributed by atoms with Crippen LogP contribution in [0.25, 0.3) is 0 Å². The molecule has 18 heavy (non-hydrogen) atoms. The van der Waals surface area contributed by atoms with Gasteiger partial charge in [-0.25, -0.2) is 4.79 Å². The third-order valence-corrected chi connectivity index (χ3v) is 2.54. The van der Waals surface area contributed by atoms with Crippen molar-refractivity contribution in [3.8, 4) is 5.75 Å². The molecule has 1 unspecified atom stereocenters. The second-order valence-electron chi connectivity index (χ2n) is 3.98. The minimum absolute atomic E-state index is 0.223. The number of carbonyl (C=O) groups is 1. The van der Waals surface area contributed by atoms with E-state index in [-0.39, 0.29) is 12.2 Å². The van der Waals surface area contributed by atoms with Gasteiger partial charge in [-0.15, -0.1) is 0 Å². The molecular weight excluding hydrogens is 234 g/mol. The van der Waals surface area contributed by atoms with E-state index < -0.39 is 0 Å². The Balaban J connectivity index is 1.77. The van der Waals surface area contributed by atoms with Crippen LogP contribution in [0.4, 0.5) is 4.79 Å². The number of pyridine rings is 1. The van der Waals surface area contributed by atoms with Gasteiger partial charge in [0, 0.05) is 6.54 Å². The van der Waals surface area contributed by atoms with E-state index in [1.807, 2.05) is 12.1 Å². The first-order valence-electron chi connectivity index (χ1n) is 6.01. The van der Waals surface area contributed by atoms with E-state index >= 15 is 0 Å². The maximum absolute atomic E-state index is 10.8. The molecule has 1 aliphatic heterocycles. The maximum atomic E-state index is 10.8. The highest BCUT2D eigenvalue weighted by Crippen LogP contribution is 2.11. The van der Waals surface area contributed by atoms with Gasteiger partial charge in [-0.2, -0.15) is 0 Å². The van der Waals surface area contributed by atoms with Crippen molar-refractivity contribution >= 4 is 6.09 Å². The number of ether oxygens (including phenoxy) is 2. The number of hydrogen-bond donors (Lipinski definition) is 2. The molecule has 6 heteroatoms. The van der Waals surface area contributed by atoms with Crippen LogP contribution >= 0.6 is 0 Å². The fraction of sp³-hybridized carbons (Fsp3) is 0.500. The molecule has 0 aromatic carbocycles. The average Bonchev–Trinajstić information content (AvgIpc) is 2.81. The van der Waals surface area contributed by atoms with Crippen LogP contribution in [0.2, 0.25) is 0 Å². The van der Waals surface area contributed by atoms with Gasteiger partial charge in [0.2, 0.25) is 0 Å². The van der Waals surface area contributed by atoms with Crippen LogP contribution in [-0.2, 0) is 11.3 Å². The van der Waals surface area contributed by atoms with E-state index in [0.717, 1.165) is 18.8 Å². The molecule has 1 aliphatic rings. The Bertz CT molecular complexity index is 394. The van der Waals surface area contributed by atoms with Gasteiger partial charge in [0.05, 0.1) is 18.4 Å². The number of carbonyl (C=O) groups excluding carboxylic acids is 1. The number of amides is 1. The van der Waals surface area contributed by atoms with Crippen LogP contribution in [0.5, 0.6) is 5.75 Å². The monoisotopic (exact) mass is 251 g/mol. The molecule has 0 bridgehead atoms. The fourth-order valence-electron chi connectivity index (χ4n) is 1.57. The van der Waals surface area contributed by atoms with Gasteiger partial charge in [0.1, 0.15) is 12.4 Å². The molecule has 1 amide bonds. The first-order chi connectivity index (χ1) is 8.78. The molecule has 0 spiro atoms. The van der Waals surface area contributed by atoms with Crippen LogP contribution in [-0.4, -0.2) is 36.9 Å². The predicted octanol–water partition coefficient (Wildman–Crippen LogP) is 0.678. The van der Waals surface area contributed by atoms with Crippen LogP contribution in [0.1, 0.15) is 12.6 Å². The summed E-state index contributed by atoms with van der Waals surface area (Å²) in [5, 5.41) is 5.77. The lowest BCUT2D eigenvalue weighted by molar-refractivity contribution is 0.104. The van der Waals surface area contributed by atoms with E-state index in [4.69, 9.17) is 9.47 Å². The highest BCUT2D eigenvalue weighted by molar-refractivity contribution is 5.69. The SMILES string of the molecule is CCNCc1ccc(OCC2CNC(=O)O2)cn1.